The van der Waals surface area contributed by atoms with Crippen LogP contribution in [0.4, 0.5) is 5.82 Å². The van der Waals surface area contributed by atoms with Crippen LogP contribution in [0.2, 0.25) is 0 Å². The number of rotatable bonds is 6. The van der Waals surface area contributed by atoms with Crippen LogP contribution in [0.3, 0.4) is 0 Å². The summed E-state index contributed by atoms with van der Waals surface area (Å²) >= 11 is 0. The van der Waals surface area contributed by atoms with Gasteiger partial charge in [-0.2, -0.15) is 0 Å². The number of aromatic nitrogens is 2. The van der Waals surface area contributed by atoms with Crippen molar-refractivity contribution < 1.29 is 19.6 Å². The lowest BCUT2D eigenvalue weighted by atomic mass is 10.4. The van der Waals surface area contributed by atoms with Gasteiger partial charge in [0.1, 0.15) is 19.3 Å². The fourth-order valence-corrected chi connectivity index (χ4v) is 1.53. The van der Waals surface area contributed by atoms with Crippen molar-refractivity contribution in [1.29, 1.82) is 0 Å². The second-order valence-electron chi connectivity index (χ2n) is 3.83. The lowest BCUT2D eigenvalue weighted by Crippen LogP contribution is -2.37. The Hall–Kier alpha value is -2.45. The fourth-order valence-electron chi connectivity index (χ4n) is 1.53. The van der Waals surface area contributed by atoms with E-state index in [2.05, 4.69) is 4.98 Å². The summed E-state index contributed by atoms with van der Waals surface area (Å²) in [7, 11) is 0. The Balaban J connectivity index is 2.80. The summed E-state index contributed by atoms with van der Waals surface area (Å²) in [5, 5.41) is 19.2. The van der Waals surface area contributed by atoms with Gasteiger partial charge in [-0.05, 0) is 16.8 Å². The van der Waals surface area contributed by atoms with Crippen LogP contribution in [0, 0.1) is 17.0 Å². The summed E-state index contributed by atoms with van der Waals surface area (Å²) in [6.07, 6.45) is 1.15. The molecule has 0 radical (unpaired) electrons. The van der Waals surface area contributed by atoms with E-state index in [1.165, 1.54) is 11.5 Å². The van der Waals surface area contributed by atoms with E-state index in [0.717, 1.165) is 11.1 Å². The van der Waals surface area contributed by atoms with E-state index in [1.54, 1.807) is 6.92 Å². The zero-order chi connectivity index (χ0) is 14.6. The number of aliphatic carboxylic acids is 1. The summed E-state index contributed by atoms with van der Waals surface area (Å²) in [4.78, 5) is 37.2. The molecular weight excluding hydrogens is 256 g/mol. The van der Waals surface area contributed by atoms with Gasteiger partial charge >= 0.3 is 11.8 Å². The molecule has 0 spiro atoms. The molecule has 0 atom stereocenters. The summed E-state index contributed by atoms with van der Waals surface area (Å²) in [5.41, 5.74) is 0. The quantitative estimate of drug-likeness (QED) is 0.575. The predicted molar refractivity (Wildman–Crippen MR) is 63.5 cm³/mol. The second kappa shape index (κ2) is 5.94. The van der Waals surface area contributed by atoms with Gasteiger partial charge in [0.15, 0.2) is 0 Å². The molecule has 1 aromatic heterocycles. The van der Waals surface area contributed by atoms with Crippen molar-refractivity contribution in [1.82, 2.24) is 14.5 Å². The Morgan fingerprint density at radius 3 is 2.63 bits per heavy atom. The van der Waals surface area contributed by atoms with Crippen molar-refractivity contribution >= 4 is 17.7 Å². The topological polar surface area (TPSA) is 119 Å². The number of carbonyl (C=O) groups excluding carboxylic acids is 1. The third-order valence-corrected chi connectivity index (χ3v) is 2.52. The van der Waals surface area contributed by atoms with E-state index in [1.807, 2.05) is 0 Å². The van der Waals surface area contributed by atoms with Crippen LogP contribution in [-0.4, -0.2) is 49.4 Å². The molecule has 1 amide bonds. The minimum atomic E-state index is -1.11. The van der Waals surface area contributed by atoms with Crippen molar-refractivity contribution in [2.24, 2.45) is 0 Å². The minimum Gasteiger partial charge on any atom is -0.480 e. The molecule has 104 valence electrons. The molecule has 0 bridgehead atoms. The maximum absolute atomic E-state index is 11.9. The van der Waals surface area contributed by atoms with E-state index >= 15 is 0 Å². The number of likely N-dealkylation sites (N-methyl/N-ethyl adjacent to an activating group) is 1. The molecule has 1 heterocycles. The zero-order valence-corrected chi connectivity index (χ0v) is 10.6. The van der Waals surface area contributed by atoms with Gasteiger partial charge in [0.2, 0.25) is 11.7 Å². The zero-order valence-electron chi connectivity index (χ0n) is 10.6. The Bertz CT molecular complexity index is 510. The summed E-state index contributed by atoms with van der Waals surface area (Å²) in [5.74, 6) is -1.55. The molecule has 0 fully saturated rings. The lowest BCUT2D eigenvalue weighted by Gasteiger charge is -2.18. The van der Waals surface area contributed by atoms with Crippen molar-refractivity contribution in [2.75, 3.05) is 13.1 Å². The molecule has 0 unspecified atom stereocenters. The molecule has 1 aromatic rings. The highest BCUT2D eigenvalue weighted by atomic mass is 16.6. The highest BCUT2D eigenvalue weighted by Gasteiger charge is 2.20. The van der Waals surface area contributed by atoms with Crippen molar-refractivity contribution in [3.8, 4) is 0 Å². The van der Waals surface area contributed by atoms with Gasteiger partial charge in [-0.1, -0.05) is 0 Å². The van der Waals surface area contributed by atoms with Crippen LogP contribution in [0.5, 0.6) is 0 Å². The van der Waals surface area contributed by atoms with E-state index in [0.29, 0.717) is 5.82 Å². The molecule has 9 nitrogen and oxygen atoms in total. The normalized spacial score (nSPS) is 10.2. The molecule has 1 rings (SSSR count). The summed E-state index contributed by atoms with van der Waals surface area (Å²) in [6, 6.07) is 0. The number of imidazole rings is 1. The molecule has 1 N–H and O–H groups in total. The number of carbonyl (C=O) groups is 2. The first-order valence-electron chi connectivity index (χ1n) is 5.52. The first-order valence-corrected chi connectivity index (χ1v) is 5.52. The molecule has 0 aliphatic heterocycles. The van der Waals surface area contributed by atoms with Crippen molar-refractivity contribution in [2.45, 2.75) is 20.4 Å². The van der Waals surface area contributed by atoms with Crippen LogP contribution in [0.25, 0.3) is 0 Å². The Kier molecular flexibility index (Phi) is 4.56. The van der Waals surface area contributed by atoms with Gasteiger partial charge < -0.3 is 20.1 Å². The number of carboxylic acid groups (broad SMARTS) is 1. The Morgan fingerprint density at radius 1 is 1.58 bits per heavy atom. The first-order chi connectivity index (χ1) is 8.85. The monoisotopic (exact) mass is 270 g/mol. The van der Waals surface area contributed by atoms with Crippen LogP contribution >= 0.6 is 0 Å². The average molecular weight is 270 g/mol. The third-order valence-electron chi connectivity index (χ3n) is 2.52. The van der Waals surface area contributed by atoms with Gasteiger partial charge in [0.25, 0.3) is 0 Å². The molecular formula is C10H14N4O5. The average Bonchev–Trinajstić information content (AvgIpc) is 2.67. The van der Waals surface area contributed by atoms with Gasteiger partial charge in [0.05, 0.1) is 0 Å². The van der Waals surface area contributed by atoms with E-state index < -0.39 is 23.3 Å². The predicted octanol–water partition coefficient (Wildman–Crippen LogP) is 0.0328. The van der Waals surface area contributed by atoms with Crippen molar-refractivity contribution in [3.05, 3.63) is 22.1 Å². The number of aryl methyl sites for hydroxylation is 1. The number of nitrogens with zero attached hydrogens (tertiary/aromatic N) is 4. The number of carboxylic acids is 1. The van der Waals surface area contributed by atoms with Gasteiger partial charge in [0, 0.05) is 13.5 Å². The van der Waals surface area contributed by atoms with Crippen LogP contribution in [0.1, 0.15) is 12.7 Å². The number of amides is 1. The third kappa shape index (κ3) is 3.76. The smallest absolute Gasteiger partial charge is 0.381 e. The largest absolute Gasteiger partial charge is 0.480 e. The highest BCUT2D eigenvalue weighted by molar-refractivity contribution is 5.81. The van der Waals surface area contributed by atoms with Crippen LogP contribution < -0.4 is 0 Å². The highest BCUT2D eigenvalue weighted by Crippen LogP contribution is 2.10. The van der Waals surface area contributed by atoms with E-state index in [4.69, 9.17) is 5.11 Å². The molecule has 9 heteroatoms. The summed E-state index contributed by atoms with van der Waals surface area (Å²) < 4.78 is 1.32. The molecule has 0 saturated heterocycles. The van der Waals surface area contributed by atoms with Gasteiger partial charge in [-0.3, -0.25) is 14.2 Å². The summed E-state index contributed by atoms with van der Waals surface area (Å²) in [6.45, 7) is 2.87. The number of nitro groups is 1. The van der Waals surface area contributed by atoms with Crippen LogP contribution in [-0.2, 0) is 16.1 Å². The second-order valence-corrected chi connectivity index (χ2v) is 3.83. The molecule has 19 heavy (non-hydrogen) atoms. The van der Waals surface area contributed by atoms with Crippen molar-refractivity contribution in [3.63, 3.8) is 0 Å². The minimum absolute atomic E-state index is 0.173. The SMILES string of the molecule is CCN(CC(=O)O)C(=O)Cn1cc([N+](=O)[O-])nc1C. The maximum atomic E-state index is 11.9. The Labute approximate surface area is 108 Å². The van der Waals surface area contributed by atoms with E-state index in [9.17, 15) is 19.7 Å². The van der Waals surface area contributed by atoms with Gasteiger partial charge in [-0.15, -0.1) is 0 Å². The molecule has 0 aliphatic carbocycles. The standard InChI is InChI=1S/C10H14N4O5/c1-3-12(6-10(16)17)9(15)5-13-4-8(14(18)19)11-7(13)2/h4H,3,5-6H2,1-2H3,(H,16,17). The fraction of sp³-hybridized carbons (Fsp3) is 0.500. The number of hydrogen-bond acceptors (Lipinski definition) is 5. The number of hydrogen-bond donors (Lipinski definition) is 1. The first kappa shape index (κ1) is 14.6. The molecule has 0 aromatic carbocycles. The van der Waals surface area contributed by atoms with Gasteiger partial charge in [-0.25, -0.2) is 0 Å². The molecule has 0 saturated carbocycles. The van der Waals surface area contributed by atoms with E-state index in [-0.39, 0.29) is 18.9 Å². The van der Waals surface area contributed by atoms with Crippen LogP contribution in [0.15, 0.2) is 6.20 Å². The Morgan fingerprint density at radius 2 is 2.21 bits per heavy atom. The lowest BCUT2D eigenvalue weighted by molar-refractivity contribution is -0.389. The maximum Gasteiger partial charge on any atom is 0.381 e. The molecule has 0 aliphatic rings.